The number of unbranched alkanes of at least 4 members (excludes halogenated alkanes) is 1. The Kier molecular flexibility index (Phi) is 5.46. The van der Waals surface area contributed by atoms with Gasteiger partial charge in [0.05, 0.1) is 5.56 Å². The van der Waals surface area contributed by atoms with Crippen molar-refractivity contribution >= 4 is 11.7 Å². The van der Waals surface area contributed by atoms with E-state index in [1.165, 1.54) is 0 Å². The normalized spacial score (nSPS) is 10.1. The average molecular weight is 235 g/mol. The molecule has 4 nitrogen and oxygen atoms in total. The molecule has 0 saturated carbocycles. The number of carbonyl (C=O) groups excluding carboxylic acids is 1. The highest BCUT2D eigenvalue weighted by Crippen LogP contribution is 2.13. The highest BCUT2D eigenvalue weighted by atomic mass is 16.2. The van der Waals surface area contributed by atoms with Crippen LogP contribution in [0.4, 0.5) is 5.82 Å². The minimum atomic E-state index is 0.0301. The van der Waals surface area contributed by atoms with Gasteiger partial charge in [-0.2, -0.15) is 0 Å². The molecular weight excluding hydrogens is 214 g/mol. The lowest BCUT2D eigenvalue weighted by molar-refractivity contribution is 0.0794. The van der Waals surface area contributed by atoms with Crippen molar-refractivity contribution in [2.45, 2.75) is 26.7 Å². The summed E-state index contributed by atoms with van der Waals surface area (Å²) in [5, 5.41) is 3.11. The van der Waals surface area contributed by atoms with Crippen LogP contribution >= 0.6 is 0 Å². The Morgan fingerprint density at radius 2 is 2.24 bits per heavy atom. The lowest BCUT2D eigenvalue weighted by Crippen LogP contribution is -2.28. The molecule has 1 N–H and O–H groups in total. The van der Waals surface area contributed by atoms with Crippen LogP contribution in [0.1, 0.15) is 37.0 Å². The quantitative estimate of drug-likeness (QED) is 0.823. The maximum atomic E-state index is 12.2. The summed E-state index contributed by atoms with van der Waals surface area (Å²) in [5.41, 5.74) is 0.646. The zero-order valence-corrected chi connectivity index (χ0v) is 10.9. The molecule has 1 heterocycles. The molecule has 1 aromatic rings. The zero-order chi connectivity index (χ0) is 12.7. The van der Waals surface area contributed by atoms with Gasteiger partial charge in [-0.1, -0.05) is 13.3 Å². The first kappa shape index (κ1) is 13.5. The molecule has 1 rings (SSSR count). The van der Waals surface area contributed by atoms with E-state index in [0.717, 1.165) is 25.9 Å². The molecule has 0 spiro atoms. The Morgan fingerprint density at radius 1 is 1.47 bits per heavy atom. The van der Waals surface area contributed by atoms with Crippen molar-refractivity contribution in [2.75, 3.05) is 25.5 Å². The van der Waals surface area contributed by atoms with Crippen molar-refractivity contribution in [2.24, 2.45) is 0 Å². The highest BCUT2D eigenvalue weighted by molar-refractivity contribution is 5.98. The Labute approximate surface area is 103 Å². The van der Waals surface area contributed by atoms with Gasteiger partial charge in [-0.3, -0.25) is 4.79 Å². The number of pyridine rings is 1. The predicted octanol–water partition coefficient (Wildman–Crippen LogP) is 2.39. The third-order valence-corrected chi connectivity index (χ3v) is 2.58. The molecule has 0 bridgehead atoms. The van der Waals surface area contributed by atoms with Crippen molar-refractivity contribution in [1.82, 2.24) is 9.88 Å². The van der Waals surface area contributed by atoms with Crippen LogP contribution in [0, 0.1) is 0 Å². The molecule has 94 valence electrons. The van der Waals surface area contributed by atoms with E-state index in [0.29, 0.717) is 11.4 Å². The van der Waals surface area contributed by atoms with Crippen molar-refractivity contribution in [3.05, 3.63) is 23.9 Å². The maximum Gasteiger partial charge on any atom is 0.257 e. The number of nitrogens with zero attached hydrogens (tertiary/aromatic N) is 2. The van der Waals surface area contributed by atoms with Gasteiger partial charge in [0.25, 0.3) is 5.91 Å². The molecule has 1 amide bonds. The Morgan fingerprint density at radius 3 is 2.88 bits per heavy atom. The summed E-state index contributed by atoms with van der Waals surface area (Å²) in [6.07, 6.45) is 3.81. The molecule has 17 heavy (non-hydrogen) atoms. The first-order valence-electron chi connectivity index (χ1n) is 6.15. The van der Waals surface area contributed by atoms with Crippen LogP contribution in [0.5, 0.6) is 0 Å². The summed E-state index contributed by atoms with van der Waals surface area (Å²) >= 11 is 0. The van der Waals surface area contributed by atoms with Gasteiger partial charge in [-0.05, 0) is 25.5 Å². The molecule has 0 saturated heterocycles. The van der Waals surface area contributed by atoms with Crippen molar-refractivity contribution in [3.63, 3.8) is 0 Å². The first-order valence-corrected chi connectivity index (χ1v) is 6.15. The van der Waals surface area contributed by atoms with Crippen molar-refractivity contribution in [3.8, 4) is 0 Å². The lowest BCUT2D eigenvalue weighted by Gasteiger charge is -2.18. The summed E-state index contributed by atoms with van der Waals surface area (Å²) in [6, 6.07) is 3.61. The molecule has 0 atom stereocenters. The van der Waals surface area contributed by atoms with Gasteiger partial charge in [0, 0.05) is 26.3 Å². The number of rotatable bonds is 6. The number of aromatic nitrogens is 1. The standard InChI is InChI=1S/C13H21N3O/c1-4-6-10-16(3)13(17)11-8-7-9-15-12(11)14-5-2/h7-9H,4-6,10H2,1-3H3,(H,14,15). The molecule has 0 aromatic carbocycles. The first-order chi connectivity index (χ1) is 8.20. The third-order valence-electron chi connectivity index (χ3n) is 2.58. The number of amides is 1. The molecule has 0 aliphatic rings. The van der Waals surface area contributed by atoms with Gasteiger partial charge in [-0.25, -0.2) is 4.98 Å². The van der Waals surface area contributed by atoms with Crippen LogP contribution in [0.3, 0.4) is 0 Å². The summed E-state index contributed by atoms with van der Waals surface area (Å²) in [4.78, 5) is 18.1. The van der Waals surface area contributed by atoms with E-state index >= 15 is 0 Å². The fourth-order valence-electron chi connectivity index (χ4n) is 1.59. The number of hydrogen-bond donors (Lipinski definition) is 1. The molecule has 0 fully saturated rings. The number of nitrogens with one attached hydrogen (secondary N) is 1. The van der Waals surface area contributed by atoms with Crippen LogP contribution in [-0.4, -0.2) is 35.9 Å². The van der Waals surface area contributed by atoms with Crippen LogP contribution in [-0.2, 0) is 0 Å². The van der Waals surface area contributed by atoms with Crippen LogP contribution in [0.2, 0.25) is 0 Å². The molecule has 1 aromatic heterocycles. The van der Waals surface area contributed by atoms with Gasteiger partial charge in [-0.15, -0.1) is 0 Å². The number of hydrogen-bond acceptors (Lipinski definition) is 3. The van der Waals surface area contributed by atoms with Crippen molar-refractivity contribution in [1.29, 1.82) is 0 Å². The monoisotopic (exact) mass is 235 g/mol. The highest BCUT2D eigenvalue weighted by Gasteiger charge is 2.15. The molecule has 0 aliphatic heterocycles. The second-order valence-corrected chi connectivity index (χ2v) is 4.01. The molecular formula is C13H21N3O. The SMILES string of the molecule is CCCCN(C)C(=O)c1cccnc1NCC. The maximum absolute atomic E-state index is 12.2. The molecule has 0 aliphatic carbocycles. The zero-order valence-electron chi connectivity index (χ0n) is 10.9. The van der Waals surface area contributed by atoms with E-state index in [9.17, 15) is 4.79 Å². The van der Waals surface area contributed by atoms with E-state index in [-0.39, 0.29) is 5.91 Å². The van der Waals surface area contributed by atoms with E-state index in [2.05, 4.69) is 17.2 Å². The largest absolute Gasteiger partial charge is 0.370 e. The minimum absolute atomic E-state index is 0.0301. The van der Waals surface area contributed by atoms with Gasteiger partial charge < -0.3 is 10.2 Å². The van der Waals surface area contributed by atoms with E-state index in [4.69, 9.17) is 0 Å². The van der Waals surface area contributed by atoms with Gasteiger partial charge in [0.15, 0.2) is 0 Å². The van der Waals surface area contributed by atoms with E-state index in [1.54, 1.807) is 17.2 Å². The molecule has 0 unspecified atom stereocenters. The summed E-state index contributed by atoms with van der Waals surface area (Å²) in [5.74, 6) is 0.700. The van der Waals surface area contributed by atoms with Crippen molar-refractivity contribution < 1.29 is 4.79 Å². The van der Waals surface area contributed by atoms with Gasteiger partial charge in [0.1, 0.15) is 5.82 Å². The molecule has 4 heteroatoms. The molecule has 0 radical (unpaired) electrons. The van der Waals surface area contributed by atoms with Gasteiger partial charge in [0.2, 0.25) is 0 Å². The summed E-state index contributed by atoms with van der Waals surface area (Å²) in [7, 11) is 1.83. The van der Waals surface area contributed by atoms with E-state index in [1.807, 2.05) is 20.0 Å². The minimum Gasteiger partial charge on any atom is -0.370 e. The summed E-state index contributed by atoms with van der Waals surface area (Å²) in [6.45, 7) is 5.65. The third kappa shape index (κ3) is 3.73. The van der Waals surface area contributed by atoms with E-state index < -0.39 is 0 Å². The van der Waals surface area contributed by atoms with Crippen LogP contribution in [0.15, 0.2) is 18.3 Å². The Balaban J connectivity index is 2.80. The number of anilines is 1. The Hall–Kier alpha value is -1.58. The second-order valence-electron chi connectivity index (χ2n) is 4.01. The topological polar surface area (TPSA) is 45.2 Å². The lowest BCUT2D eigenvalue weighted by atomic mass is 10.2. The average Bonchev–Trinajstić information content (AvgIpc) is 2.36. The van der Waals surface area contributed by atoms with Gasteiger partial charge >= 0.3 is 0 Å². The predicted molar refractivity (Wildman–Crippen MR) is 70.3 cm³/mol. The fraction of sp³-hybridized carbons (Fsp3) is 0.538. The number of carbonyl (C=O) groups is 1. The van der Waals surface area contributed by atoms with Crippen LogP contribution in [0.25, 0.3) is 0 Å². The second kappa shape index (κ2) is 6.89. The Bertz CT molecular complexity index is 365. The van der Waals surface area contributed by atoms with Crippen LogP contribution < -0.4 is 5.32 Å². The smallest absolute Gasteiger partial charge is 0.257 e. The fourth-order valence-corrected chi connectivity index (χ4v) is 1.59. The summed E-state index contributed by atoms with van der Waals surface area (Å²) < 4.78 is 0.